The highest BCUT2D eigenvalue weighted by Gasteiger charge is 2.37. The molecule has 0 spiro atoms. The first-order chi connectivity index (χ1) is 12.1. The maximum Gasteiger partial charge on any atom is 0.0611 e. The number of aliphatic hydroxyl groups is 1. The van der Waals surface area contributed by atoms with Crippen molar-refractivity contribution in [3.05, 3.63) is 33.8 Å². The Hall–Kier alpha value is -0.570. The second-order valence-corrected chi connectivity index (χ2v) is 8.90. The number of fused-ring (bicyclic) bond motifs is 1. The second-order valence-electron chi connectivity index (χ2n) is 8.52. The summed E-state index contributed by atoms with van der Waals surface area (Å²) in [7, 11) is 0. The lowest BCUT2D eigenvalue weighted by molar-refractivity contribution is 0.198. The molecule has 0 aliphatic heterocycles. The van der Waals surface area contributed by atoms with Gasteiger partial charge in [-0.15, -0.1) is 0 Å². The molecule has 0 heterocycles. The molecule has 2 aliphatic carbocycles. The summed E-state index contributed by atoms with van der Waals surface area (Å²) in [5, 5.41) is 10.5. The zero-order valence-electron chi connectivity index (χ0n) is 15.7. The largest absolute Gasteiger partial charge is 0.394 e. The van der Waals surface area contributed by atoms with Crippen molar-refractivity contribution in [2.24, 2.45) is 11.7 Å². The van der Waals surface area contributed by atoms with Crippen LogP contribution in [0, 0.1) is 5.92 Å². The predicted molar refractivity (Wildman–Crippen MR) is 106 cm³/mol. The van der Waals surface area contributed by atoms with Gasteiger partial charge in [0, 0.05) is 10.6 Å². The lowest BCUT2D eigenvalue weighted by Gasteiger charge is -2.28. The minimum absolute atomic E-state index is 0.0752. The summed E-state index contributed by atoms with van der Waals surface area (Å²) in [6.07, 6.45) is 13.2. The Bertz CT molecular complexity index is 588. The Balaban J connectivity index is 1.66. The fraction of sp³-hybridized carbons (Fsp3) is 0.727. The van der Waals surface area contributed by atoms with E-state index in [2.05, 4.69) is 19.1 Å². The Labute approximate surface area is 158 Å². The summed E-state index contributed by atoms with van der Waals surface area (Å²) >= 11 is 6.83. The van der Waals surface area contributed by atoms with E-state index in [4.69, 9.17) is 17.3 Å². The van der Waals surface area contributed by atoms with Crippen LogP contribution >= 0.6 is 11.6 Å². The topological polar surface area (TPSA) is 46.2 Å². The molecule has 0 radical (unpaired) electrons. The second kappa shape index (κ2) is 8.41. The zero-order chi connectivity index (χ0) is 17.9. The summed E-state index contributed by atoms with van der Waals surface area (Å²) in [4.78, 5) is 0. The summed E-state index contributed by atoms with van der Waals surface area (Å²) in [5.74, 6) is 1.24. The quantitative estimate of drug-likeness (QED) is 0.639. The van der Waals surface area contributed by atoms with Gasteiger partial charge in [-0.1, -0.05) is 62.8 Å². The van der Waals surface area contributed by atoms with Gasteiger partial charge < -0.3 is 10.8 Å². The van der Waals surface area contributed by atoms with Crippen LogP contribution in [0.15, 0.2) is 12.1 Å². The van der Waals surface area contributed by atoms with Crippen molar-refractivity contribution >= 4 is 11.6 Å². The van der Waals surface area contributed by atoms with Crippen molar-refractivity contribution in [2.45, 2.75) is 89.0 Å². The van der Waals surface area contributed by atoms with Crippen molar-refractivity contribution in [2.75, 3.05) is 6.61 Å². The van der Waals surface area contributed by atoms with Crippen LogP contribution < -0.4 is 5.73 Å². The number of hydrogen-bond acceptors (Lipinski definition) is 2. The number of nitrogens with two attached hydrogens (primary N) is 1. The first-order valence-corrected chi connectivity index (χ1v) is 10.6. The highest BCUT2D eigenvalue weighted by atomic mass is 35.5. The molecule has 1 unspecified atom stereocenters. The molecule has 2 nitrogen and oxygen atoms in total. The van der Waals surface area contributed by atoms with E-state index in [1.54, 1.807) is 0 Å². The van der Waals surface area contributed by atoms with Crippen LogP contribution in [0.3, 0.4) is 0 Å². The number of rotatable bonds is 7. The molecule has 3 atom stereocenters. The third kappa shape index (κ3) is 4.40. The molecule has 1 fully saturated rings. The van der Waals surface area contributed by atoms with Gasteiger partial charge in [0.1, 0.15) is 0 Å². The monoisotopic (exact) mass is 363 g/mol. The molecular formula is C22H34ClNO. The number of hydrogen-bond donors (Lipinski definition) is 2. The van der Waals surface area contributed by atoms with Crippen molar-refractivity contribution in [1.29, 1.82) is 0 Å². The fourth-order valence-corrected chi connectivity index (χ4v) is 5.32. The first-order valence-electron chi connectivity index (χ1n) is 10.3. The minimum atomic E-state index is -0.409. The summed E-state index contributed by atoms with van der Waals surface area (Å²) in [5.41, 5.74) is 9.99. The van der Waals surface area contributed by atoms with Gasteiger partial charge in [0.25, 0.3) is 0 Å². The summed E-state index contributed by atoms with van der Waals surface area (Å²) in [6, 6.07) is 4.57. The molecule has 3 rings (SSSR count). The normalized spacial score (nSPS) is 29.0. The van der Waals surface area contributed by atoms with Crippen LogP contribution in [0.2, 0.25) is 5.02 Å². The van der Waals surface area contributed by atoms with Gasteiger partial charge in [-0.05, 0) is 67.1 Å². The highest BCUT2D eigenvalue weighted by molar-refractivity contribution is 6.32. The summed E-state index contributed by atoms with van der Waals surface area (Å²) < 4.78 is 0. The summed E-state index contributed by atoms with van der Waals surface area (Å²) in [6.45, 7) is 2.35. The standard InChI is InChI=1S/C22H34ClNO/c1-2-3-4-5-6-16-7-9-19-17(13-16)8-10-20(21(19)23)18-11-12-22(24,14-18)15-25/h8,10,16,18,25H,2-7,9,11-15,24H2,1H3/t16-,18-,22?/m0/s1. The van der Waals surface area contributed by atoms with Crippen LogP contribution in [0.25, 0.3) is 0 Å². The van der Waals surface area contributed by atoms with Gasteiger partial charge >= 0.3 is 0 Å². The van der Waals surface area contributed by atoms with Crippen LogP contribution in [-0.2, 0) is 12.8 Å². The van der Waals surface area contributed by atoms with Crippen molar-refractivity contribution < 1.29 is 5.11 Å². The van der Waals surface area contributed by atoms with Gasteiger partial charge in [0.05, 0.1) is 6.61 Å². The average molecular weight is 364 g/mol. The molecular weight excluding hydrogens is 330 g/mol. The fourth-order valence-electron chi connectivity index (χ4n) is 4.89. The van der Waals surface area contributed by atoms with E-state index in [1.807, 2.05) is 0 Å². The van der Waals surface area contributed by atoms with Crippen LogP contribution in [-0.4, -0.2) is 17.3 Å². The van der Waals surface area contributed by atoms with Gasteiger partial charge in [0.2, 0.25) is 0 Å². The minimum Gasteiger partial charge on any atom is -0.394 e. The molecule has 2 aliphatic rings. The van der Waals surface area contributed by atoms with Gasteiger partial charge in [-0.25, -0.2) is 0 Å². The van der Waals surface area contributed by atoms with Crippen molar-refractivity contribution in [3.63, 3.8) is 0 Å². The van der Waals surface area contributed by atoms with E-state index in [0.717, 1.165) is 36.6 Å². The molecule has 1 aromatic carbocycles. The highest BCUT2D eigenvalue weighted by Crippen LogP contribution is 2.44. The Morgan fingerprint density at radius 3 is 2.80 bits per heavy atom. The van der Waals surface area contributed by atoms with Crippen LogP contribution in [0.5, 0.6) is 0 Å². The number of benzene rings is 1. The van der Waals surface area contributed by atoms with E-state index in [1.165, 1.54) is 61.6 Å². The zero-order valence-corrected chi connectivity index (χ0v) is 16.5. The maximum atomic E-state index is 9.53. The molecule has 25 heavy (non-hydrogen) atoms. The lowest BCUT2D eigenvalue weighted by atomic mass is 9.79. The van der Waals surface area contributed by atoms with E-state index in [-0.39, 0.29) is 6.61 Å². The third-order valence-corrected chi connectivity index (χ3v) is 6.99. The molecule has 3 heteroatoms. The number of aliphatic hydroxyl groups excluding tert-OH is 1. The third-order valence-electron chi connectivity index (χ3n) is 6.55. The van der Waals surface area contributed by atoms with E-state index < -0.39 is 5.54 Å². The maximum absolute atomic E-state index is 9.53. The Morgan fingerprint density at radius 2 is 2.08 bits per heavy atom. The Morgan fingerprint density at radius 1 is 1.24 bits per heavy atom. The van der Waals surface area contributed by atoms with E-state index >= 15 is 0 Å². The van der Waals surface area contributed by atoms with Gasteiger partial charge in [0.15, 0.2) is 0 Å². The molecule has 0 aromatic heterocycles. The van der Waals surface area contributed by atoms with Crippen molar-refractivity contribution in [1.82, 2.24) is 0 Å². The van der Waals surface area contributed by atoms with Crippen molar-refractivity contribution in [3.8, 4) is 0 Å². The molecule has 140 valence electrons. The molecule has 0 bridgehead atoms. The van der Waals surface area contributed by atoms with Crippen LogP contribution in [0.1, 0.15) is 87.3 Å². The van der Waals surface area contributed by atoms with Crippen LogP contribution in [0.4, 0.5) is 0 Å². The Kier molecular flexibility index (Phi) is 6.46. The molecule has 3 N–H and O–H groups in total. The van der Waals surface area contributed by atoms with E-state index in [9.17, 15) is 5.11 Å². The SMILES string of the molecule is CCCCCC[C@H]1CCc2c(ccc([C@H]3CCC(N)(CO)C3)c2Cl)C1. The first kappa shape index (κ1) is 19.2. The lowest BCUT2D eigenvalue weighted by Crippen LogP contribution is -2.40. The molecule has 1 saturated carbocycles. The average Bonchev–Trinajstić information content (AvgIpc) is 3.02. The smallest absolute Gasteiger partial charge is 0.0611 e. The number of halogens is 1. The molecule has 0 amide bonds. The number of unbranched alkanes of at least 4 members (excludes halogenated alkanes) is 3. The van der Waals surface area contributed by atoms with Gasteiger partial charge in [-0.2, -0.15) is 0 Å². The predicted octanol–water partition coefficient (Wildman–Crippen LogP) is 5.37. The molecule has 1 aromatic rings. The van der Waals surface area contributed by atoms with E-state index in [0.29, 0.717) is 5.92 Å². The van der Waals surface area contributed by atoms with Gasteiger partial charge in [-0.3, -0.25) is 0 Å². The molecule has 0 saturated heterocycles.